The van der Waals surface area contributed by atoms with Crippen molar-refractivity contribution in [3.8, 4) is 0 Å². The van der Waals surface area contributed by atoms with Crippen LogP contribution in [0.1, 0.15) is 29.2 Å². The number of rotatable bonds is 4. The fourth-order valence-corrected chi connectivity index (χ4v) is 4.36. The molecule has 0 spiro atoms. The quantitative estimate of drug-likeness (QED) is 0.611. The molecule has 5 rings (SSSR count). The average molecular weight is 396 g/mol. The van der Waals surface area contributed by atoms with Crippen molar-refractivity contribution in [2.75, 3.05) is 23.7 Å². The zero-order valence-electron chi connectivity index (χ0n) is 17.1. The number of nitrogens with one attached hydrogen (secondary N) is 2. The molecule has 0 bridgehead atoms. The summed E-state index contributed by atoms with van der Waals surface area (Å²) >= 11 is 0. The van der Waals surface area contributed by atoms with Crippen molar-refractivity contribution in [1.82, 2.24) is 4.90 Å². The van der Waals surface area contributed by atoms with Gasteiger partial charge in [-0.1, -0.05) is 61.5 Å². The molecule has 0 aromatic heterocycles. The molecular formula is C26H25N3O. The summed E-state index contributed by atoms with van der Waals surface area (Å²) in [6.07, 6.45) is 1.09. The molecular weight excluding hydrogens is 370 g/mol. The fourth-order valence-electron chi connectivity index (χ4n) is 4.36. The van der Waals surface area contributed by atoms with Gasteiger partial charge in [-0.2, -0.15) is 0 Å². The van der Waals surface area contributed by atoms with Crippen LogP contribution in [0.5, 0.6) is 0 Å². The second kappa shape index (κ2) is 7.81. The van der Waals surface area contributed by atoms with E-state index in [-0.39, 0.29) is 5.91 Å². The maximum Gasteiger partial charge on any atom is 0.258 e. The van der Waals surface area contributed by atoms with Crippen LogP contribution in [0.2, 0.25) is 0 Å². The molecule has 1 amide bonds. The summed E-state index contributed by atoms with van der Waals surface area (Å²) < 4.78 is 0. The van der Waals surface area contributed by atoms with Gasteiger partial charge in [0.25, 0.3) is 5.91 Å². The number of anilines is 2. The summed E-state index contributed by atoms with van der Waals surface area (Å²) in [7, 11) is 0. The van der Waals surface area contributed by atoms with Gasteiger partial charge in [0.15, 0.2) is 0 Å². The van der Waals surface area contributed by atoms with Crippen LogP contribution in [0, 0.1) is 0 Å². The summed E-state index contributed by atoms with van der Waals surface area (Å²) in [4.78, 5) is 15.4. The van der Waals surface area contributed by atoms with Gasteiger partial charge in [-0.05, 0) is 47.9 Å². The molecule has 0 radical (unpaired) electrons. The Labute approximate surface area is 177 Å². The topological polar surface area (TPSA) is 44.4 Å². The van der Waals surface area contributed by atoms with Gasteiger partial charge in [0.2, 0.25) is 0 Å². The third-order valence-corrected chi connectivity index (χ3v) is 6.00. The van der Waals surface area contributed by atoms with Gasteiger partial charge in [-0.15, -0.1) is 0 Å². The number of amides is 1. The minimum atomic E-state index is -0.0716. The van der Waals surface area contributed by atoms with E-state index >= 15 is 0 Å². The summed E-state index contributed by atoms with van der Waals surface area (Å²) in [5.74, 6) is -0.0716. The van der Waals surface area contributed by atoms with E-state index in [4.69, 9.17) is 0 Å². The van der Waals surface area contributed by atoms with E-state index in [2.05, 4.69) is 40.7 Å². The smallest absolute Gasteiger partial charge is 0.258 e. The van der Waals surface area contributed by atoms with Crippen LogP contribution < -0.4 is 10.6 Å². The molecule has 2 aliphatic heterocycles. The first-order valence-electron chi connectivity index (χ1n) is 10.5. The number of hydrogen-bond donors (Lipinski definition) is 2. The Morgan fingerprint density at radius 2 is 1.80 bits per heavy atom. The Morgan fingerprint density at radius 1 is 1.00 bits per heavy atom. The lowest BCUT2D eigenvalue weighted by atomic mass is 9.97. The van der Waals surface area contributed by atoms with Gasteiger partial charge in [-0.25, -0.2) is 0 Å². The number of benzene rings is 3. The van der Waals surface area contributed by atoms with Gasteiger partial charge in [0.1, 0.15) is 0 Å². The Morgan fingerprint density at radius 3 is 2.63 bits per heavy atom. The Kier molecular flexibility index (Phi) is 4.85. The molecule has 0 saturated heterocycles. The van der Waals surface area contributed by atoms with Crippen LogP contribution in [-0.4, -0.2) is 23.9 Å². The third kappa shape index (κ3) is 3.40. The first-order valence-corrected chi connectivity index (χ1v) is 10.5. The SMILES string of the molecule is CCN1CCc2ccc(N/C(=C3\C(=O)Nc4ccccc43)c3ccccc3)cc2C1. The molecule has 0 aliphatic carbocycles. The minimum Gasteiger partial charge on any atom is -0.354 e. The molecule has 2 aliphatic rings. The van der Waals surface area contributed by atoms with Crippen molar-refractivity contribution in [3.63, 3.8) is 0 Å². The number of carbonyl (C=O) groups excluding carboxylic acids is 1. The molecule has 0 fully saturated rings. The summed E-state index contributed by atoms with van der Waals surface area (Å²) in [5.41, 5.74) is 8.10. The zero-order valence-corrected chi connectivity index (χ0v) is 17.1. The number of likely N-dealkylation sites (N-methyl/N-ethyl adjacent to an activating group) is 1. The summed E-state index contributed by atoms with van der Waals surface area (Å²) in [6.45, 7) is 5.36. The van der Waals surface area contributed by atoms with E-state index in [0.29, 0.717) is 5.57 Å². The average Bonchev–Trinajstić information content (AvgIpc) is 3.13. The van der Waals surface area contributed by atoms with Crippen molar-refractivity contribution in [1.29, 1.82) is 0 Å². The normalized spacial score (nSPS) is 17.2. The Balaban J connectivity index is 1.60. The van der Waals surface area contributed by atoms with Crippen LogP contribution in [0.4, 0.5) is 11.4 Å². The molecule has 0 unspecified atom stereocenters. The predicted molar refractivity (Wildman–Crippen MR) is 123 cm³/mol. The van der Waals surface area contributed by atoms with Crippen molar-refractivity contribution in [2.45, 2.75) is 19.9 Å². The largest absolute Gasteiger partial charge is 0.354 e. The fraction of sp³-hybridized carbons (Fsp3) is 0.192. The lowest BCUT2D eigenvalue weighted by Gasteiger charge is -2.28. The van der Waals surface area contributed by atoms with Gasteiger partial charge >= 0.3 is 0 Å². The molecule has 2 N–H and O–H groups in total. The molecule has 150 valence electrons. The van der Waals surface area contributed by atoms with E-state index in [9.17, 15) is 4.79 Å². The highest BCUT2D eigenvalue weighted by Crippen LogP contribution is 2.37. The molecule has 0 saturated carbocycles. The number of carbonyl (C=O) groups is 1. The van der Waals surface area contributed by atoms with E-state index in [1.807, 2.05) is 54.6 Å². The maximum absolute atomic E-state index is 12.9. The van der Waals surface area contributed by atoms with Crippen LogP contribution in [0.25, 0.3) is 11.3 Å². The summed E-state index contributed by atoms with van der Waals surface area (Å²) in [6, 6.07) is 24.5. The monoisotopic (exact) mass is 395 g/mol. The van der Waals surface area contributed by atoms with E-state index in [1.54, 1.807) is 0 Å². The minimum absolute atomic E-state index is 0.0716. The third-order valence-electron chi connectivity index (χ3n) is 6.00. The molecule has 4 heteroatoms. The maximum atomic E-state index is 12.9. The van der Waals surface area contributed by atoms with Gasteiger partial charge in [0.05, 0.1) is 11.3 Å². The molecule has 3 aromatic rings. The lowest BCUT2D eigenvalue weighted by Crippen LogP contribution is -2.30. The van der Waals surface area contributed by atoms with Crippen LogP contribution in [0.15, 0.2) is 72.8 Å². The number of hydrogen-bond acceptors (Lipinski definition) is 3. The van der Waals surface area contributed by atoms with E-state index in [1.165, 1.54) is 11.1 Å². The van der Waals surface area contributed by atoms with Crippen LogP contribution in [-0.2, 0) is 17.8 Å². The standard InChI is InChI=1S/C26H25N3O/c1-2-29-15-14-18-12-13-21(16-20(18)17-29)27-25(19-8-4-3-5-9-19)24-22-10-6-7-11-23(22)28-26(24)30/h3-13,16,27H,2,14-15,17H2,1H3,(H,28,30)/b25-24-. The number of para-hydroxylation sites is 1. The molecule has 0 atom stereocenters. The van der Waals surface area contributed by atoms with E-state index in [0.717, 1.165) is 54.3 Å². The molecule has 2 heterocycles. The first kappa shape index (κ1) is 18.6. The molecule has 4 nitrogen and oxygen atoms in total. The number of fused-ring (bicyclic) bond motifs is 2. The zero-order chi connectivity index (χ0) is 20.5. The molecule has 3 aromatic carbocycles. The van der Waals surface area contributed by atoms with Crippen molar-refractivity contribution >= 4 is 28.6 Å². The highest BCUT2D eigenvalue weighted by Gasteiger charge is 2.28. The van der Waals surface area contributed by atoms with Crippen molar-refractivity contribution in [3.05, 3.63) is 95.1 Å². The Bertz CT molecular complexity index is 1130. The second-order valence-electron chi connectivity index (χ2n) is 7.84. The van der Waals surface area contributed by atoms with Crippen LogP contribution in [0.3, 0.4) is 0 Å². The van der Waals surface area contributed by atoms with Crippen LogP contribution >= 0.6 is 0 Å². The van der Waals surface area contributed by atoms with Gasteiger partial charge < -0.3 is 10.6 Å². The van der Waals surface area contributed by atoms with Crippen molar-refractivity contribution in [2.24, 2.45) is 0 Å². The van der Waals surface area contributed by atoms with Gasteiger partial charge in [0, 0.05) is 30.0 Å². The van der Waals surface area contributed by atoms with Crippen molar-refractivity contribution < 1.29 is 4.79 Å². The second-order valence-corrected chi connectivity index (χ2v) is 7.84. The predicted octanol–water partition coefficient (Wildman–Crippen LogP) is 5.00. The Hall–Kier alpha value is -3.37. The van der Waals surface area contributed by atoms with Gasteiger partial charge in [-0.3, -0.25) is 9.69 Å². The lowest BCUT2D eigenvalue weighted by molar-refractivity contribution is -0.110. The molecule has 30 heavy (non-hydrogen) atoms. The summed E-state index contributed by atoms with van der Waals surface area (Å²) in [5, 5.41) is 6.60. The highest BCUT2D eigenvalue weighted by atomic mass is 16.2. The number of nitrogens with zero attached hydrogens (tertiary/aromatic N) is 1. The highest BCUT2D eigenvalue weighted by molar-refractivity contribution is 6.37. The first-order chi connectivity index (χ1) is 14.7. The van der Waals surface area contributed by atoms with E-state index < -0.39 is 0 Å².